The van der Waals surface area contributed by atoms with Crippen molar-refractivity contribution in [3.63, 3.8) is 0 Å². The predicted molar refractivity (Wildman–Crippen MR) is 133 cm³/mol. The number of carbonyl (C=O) groups excluding carboxylic acids is 1. The second kappa shape index (κ2) is 10.3. The Morgan fingerprint density at radius 3 is 2.54 bits per heavy atom. The Morgan fingerprint density at radius 2 is 1.86 bits per heavy atom. The zero-order valence-corrected chi connectivity index (χ0v) is 20.4. The topological polar surface area (TPSA) is 116 Å². The Hall–Kier alpha value is -3.74. The minimum absolute atomic E-state index is 0.0222. The highest BCUT2D eigenvalue weighted by atomic mass is 32.2. The summed E-state index contributed by atoms with van der Waals surface area (Å²) in [7, 11) is -3.93. The van der Waals surface area contributed by atoms with Gasteiger partial charge in [0, 0.05) is 18.8 Å². The molecular formula is C26H26N4O4S. The fourth-order valence-electron chi connectivity index (χ4n) is 4.02. The van der Waals surface area contributed by atoms with E-state index in [9.17, 15) is 13.2 Å². The monoisotopic (exact) mass is 490 g/mol. The van der Waals surface area contributed by atoms with Gasteiger partial charge in [0.15, 0.2) is 10.7 Å². The van der Waals surface area contributed by atoms with Crippen LogP contribution in [0.25, 0.3) is 12.2 Å². The van der Waals surface area contributed by atoms with Crippen LogP contribution in [-0.4, -0.2) is 36.9 Å². The summed E-state index contributed by atoms with van der Waals surface area (Å²) in [5, 5.41) is 15.6. The molecular weight excluding hydrogens is 464 g/mol. The highest BCUT2D eigenvalue weighted by Gasteiger charge is 2.37. The van der Waals surface area contributed by atoms with E-state index in [0.717, 1.165) is 11.1 Å². The maximum atomic E-state index is 13.6. The molecule has 1 aromatic heterocycles. The summed E-state index contributed by atoms with van der Waals surface area (Å²) < 4.78 is 33.8. The molecule has 1 atom stereocenters. The first kappa shape index (κ1) is 24.4. The van der Waals surface area contributed by atoms with E-state index in [2.05, 4.69) is 10.5 Å². The molecule has 0 saturated carbocycles. The van der Waals surface area contributed by atoms with Crippen LogP contribution in [0.15, 0.2) is 57.9 Å². The lowest BCUT2D eigenvalue weighted by molar-refractivity contribution is -0.120. The Bertz CT molecular complexity index is 1380. The maximum Gasteiger partial charge on any atom is 0.248 e. The molecule has 35 heavy (non-hydrogen) atoms. The fraction of sp³-hybridized carbons (Fsp3) is 0.269. The van der Waals surface area contributed by atoms with Crippen molar-refractivity contribution in [2.45, 2.75) is 31.6 Å². The van der Waals surface area contributed by atoms with Crippen LogP contribution in [0.2, 0.25) is 0 Å². The van der Waals surface area contributed by atoms with Gasteiger partial charge >= 0.3 is 0 Å². The van der Waals surface area contributed by atoms with Crippen LogP contribution in [0.1, 0.15) is 41.0 Å². The number of benzene rings is 2. The van der Waals surface area contributed by atoms with Crippen LogP contribution in [0.5, 0.6) is 0 Å². The van der Waals surface area contributed by atoms with Gasteiger partial charge in [-0.3, -0.25) is 4.79 Å². The van der Waals surface area contributed by atoms with Crippen molar-refractivity contribution in [3.8, 4) is 6.07 Å². The van der Waals surface area contributed by atoms with Gasteiger partial charge in [-0.05, 0) is 62.6 Å². The number of hydrogen-bond donors (Lipinski definition) is 1. The number of aromatic nitrogens is 1. The van der Waals surface area contributed by atoms with Gasteiger partial charge in [-0.25, -0.2) is 8.42 Å². The van der Waals surface area contributed by atoms with E-state index in [-0.39, 0.29) is 28.8 Å². The molecule has 0 aliphatic carbocycles. The first-order valence-corrected chi connectivity index (χ1v) is 12.7. The number of anilines is 1. The molecule has 1 saturated heterocycles. The third-order valence-electron chi connectivity index (χ3n) is 5.97. The number of sulfonamides is 1. The van der Waals surface area contributed by atoms with Crippen molar-refractivity contribution < 1.29 is 17.7 Å². The van der Waals surface area contributed by atoms with Crippen LogP contribution in [0.3, 0.4) is 0 Å². The standard InChI is InChI=1S/C26H26N4O4S/c1-18-5-7-20(8-6-18)11-14-24-25(19(2)29-34-24)35(32,33)30-15-3-4-22(17-30)26(31)28-23-12-9-21(16-27)10-13-23/h5-14,22H,3-4,15,17H2,1-2H3,(H,28,31)/b14-11+. The van der Waals surface area contributed by atoms with Crippen LogP contribution < -0.4 is 5.32 Å². The molecule has 180 valence electrons. The van der Waals surface area contributed by atoms with Gasteiger partial charge in [0.1, 0.15) is 5.69 Å². The van der Waals surface area contributed by atoms with E-state index in [1.54, 1.807) is 43.3 Å². The van der Waals surface area contributed by atoms with E-state index < -0.39 is 15.9 Å². The molecule has 1 N–H and O–H groups in total. The molecule has 1 aliphatic rings. The number of hydrogen-bond acceptors (Lipinski definition) is 6. The van der Waals surface area contributed by atoms with E-state index in [1.807, 2.05) is 37.3 Å². The lowest BCUT2D eigenvalue weighted by Crippen LogP contribution is -2.43. The van der Waals surface area contributed by atoms with Crippen molar-refractivity contribution in [1.82, 2.24) is 9.46 Å². The number of nitriles is 1. The summed E-state index contributed by atoms with van der Waals surface area (Å²) in [5.74, 6) is -0.593. The zero-order valence-electron chi connectivity index (χ0n) is 19.6. The van der Waals surface area contributed by atoms with Gasteiger partial charge < -0.3 is 9.84 Å². The lowest BCUT2D eigenvalue weighted by atomic mass is 9.98. The summed E-state index contributed by atoms with van der Waals surface area (Å²) in [6, 6.07) is 16.4. The van der Waals surface area contributed by atoms with Crippen molar-refractivity contribution in [1.29, 1.82) is 5.26 Å². The van der Waals surface area contributed by atoms with E-state index in [1.165, 1.54) is 4.31 Å². The molecule has 0 radical (unpaired) electrons. The quantitative estimate of drug-likeness (QED) is 0.548. The molecule has 1 amide bonds. The first-order valence-electron chi connectivity index (χ1n) is 11.3. The number of nitrogens with zero attached hydrogens (tertiary/aromatic N) is 3. The molecule has 1 aliphatic heterocycles. The Morgan fingerprint density at radius 1 is 1.14 bits per heavy atom. The Kier molecular flexibility index (Phi) is 7.15. The minimum Gasteiger partial charge on any atom is -0.355 e. The maximum absolute atomic E-state index is 13.6. The number of amides is 1. The number of nitrogens with one attached hydrogen (secondary N) is 1. The SMILES string of the molecule is Cc1ccc(/C=C/c2onc(C)c2S(=O)(=O)N2CCCC(C(=O)Nc3ccc(C#N)cc3)C2)cc1. The van der Waals surface area contributed by atoms with Gasteiger partial charge in [-0.2, -0.15) is 9.57 Å². The molecule has 9 heteroatoms. The minimum atomic E-state index is -3.93. The smallest absolute Gasteiger partial charge is 0.248 e. The molecule has 1 fully saturated rings. The molecule has 3 aromatic rings. The number of rotatable bonds is 6. The molecule has 1 unspecified atom stereocenters. The number of piperidine rings is 1. The highest BCUT2D eigenvalue weighted by Crippen LogP contribution is 2.29. The number of aryl methyl sites for hydroxylation is 2. The average molecular weight is 491 g/mol. The summed E-state index contributed by atoms with van der Waals surface area (Å²) in [6.45, 7) is 3.97. The van der Waals surface area contributed by atoms with E-state index >= 15 is 0 Å². The molecule has 0 spiro atoms. The normalized spacial score (nSPS) is 16.8. The summed E-state index contributed by atoms with van der Waals surface area (Å²) >= 11 is 0. The van der Waals surface area contributed by atoms with E-state index in [0.29, 0.717) is 30.6 Å². The van der Waals surface area contributed by atoms with Gasteiger partial charge in [0.05, 0.1) is 17.6 Å². The largest absolute Gasteiger partial charge is 0.355 e. The van der Waals surface area contributed by atoms with Crippen LogP contribution in [0.4, 0.5) is 5.69 Å². The van der Waals surface area contributed by atoms with Gasteiger partial charge in [-0.15, -0.1) is 0 Å². The van der Waals surface area contributed by atoms with Crippen molar-refractivity contribution in [2.24, 2.45) is 5.92 Å². The summed E-state index contributed by atoms with van der Waals surface area (Å²) in [6.07, 6.45) is 4.53. The molecule has 8 nitrogen and oxygen atoms in total. The molecule has 2 heterocycles. The second-order valence-corrected chi connectivity index (χ2v) is 10.5. The molecule has 0 bridgehead atoms. The van der Waals surface area contributed by atoms with E-state index in [4.69, 9.17) is 9.78 Å². The second-order valence-electron chi connectivity index (χ2n) is 8.59. The number of carbonyl (C=O) groups is 1. The zero-order chi connectivity index (χ0) is 25.0. The first-order chi connectivity index (χ1) is 16.8. The van der Waals surface area contributed by atoms with Crippen molar-refractivity contribution in [3.05, 3.63) is 76.7 Å². The van der Waals surface area contributed by atoms with Gasteiger partial charge in [-0.1, -0.05) is 41.1 Å². The summed E-state index contributed by atoms with van der Waals surface area (Å²) in [5.41, 5.74) is 3.37. The predicted octanol–water partition coefficient (Wildman–Crippen LogP) is 4.37. The van der Waals surface area contributed by atoms with Gasteiger partial charge in [0.2, 0.25) is 15.9 Å². The third kappa shape index (κ3) is 5.50. The van der Waals surface area contributed by atoms with Crippen LogP contribution in [-0.2, 0) is 14.8 Å². The van der Waals surface area contributed by atoms with Crippen molar-refractivity contribution >= 4 is 33.8 Å². The van der Waals surface area contributed by atoms with Crippen molar-refractivity contribution in [2.75, 3.05) is 18.4 Å². The van der Waals surface area contributed by atoms with Crippen LogP contribution in [0, 0.1) is 31.1 Å². The Labute approximate surface area is 204 Å². The fourth-order valence-corrected chi connectivity index (χ4v) is 5.80. The molecule has 2 aromatic carbocycles. The molecule has 4 rings (SSSR count). The third-order valence-corrected chi connectivity index (χ3v) is 8.00. The Balaban J connectivity index is 1.51. The average Bonchev–Trinajstić information content (AvgIpc) is 3.25. The highest BCUT2D eigenvalue weighted by molar-refractivity contribution is 7.89. The lowest BCUT2D eigenvalue weighted by Gasteiger charge is -2.31. The van der Waals surface area contributed by atoms with Crippen LogP contribution >= 0.6 is 0 Å². The summed E-state index contributed by atoms with van der Waals surface area (Å²) in [4.78, 5) is 12.9. The van der Waals surface area contributed by atoms with Gasteiger partial charge in [0.25, 0.3) is 0 Å².